The third-order valence-electron chi connectivity index (χ3n) is 3.28. The molecule has 1 fully saturated rings. The number of nitrogens with two attached hydrogens (primary N) is 1. The van der Waals surface area contributed by atoms with Gasteiger partial charge in [-0.2, -0.15) is 0 Å². The molecule has 2 rings (SSSR count). The average molecular weight is 203 g/mol. The fraction of sp³-hybridized carbons (Fsp3) is 0.462. The zero-order valence-electron chi connectivity index (χ0n) is 9.12. The van der Waals surface area contributed by atoms with Crippen LogP contribution in [0.4, 0.5) is 0 Å². The van der Waals surface area contributed by atoms with E-state index < -0.39 is 0 Å². The molecule has 15 heavy (non-hydrogen) atoms. The van der Waals surface area contributed by atoms with E-state index in [2.05, 4.69) is 6.07 Å². The first kappa shape index (κ1) is 10.4. The molecule has 0 unspecified atom stereocenters. The Morgan fingerprint density at radius 3 is 2.73 bits per heavy atom. The first-order valence-corrected chi connectivity index (χ1v) is 5.45. The minimum Gasteiger partial charge on any atom is -0.329 e. The van der Waals surface area contributed by atoms with Gasteiger partial charge in [0.25, 0.3) is 0 Å². The molecule has 1 aliphatic carbocycles. The number of benzene rings is 1. The third-order valence-corrected chi connectivity index (χ3v) is 3.28. The van der Waals surface area contributed by atoms with Crippen LogP contribution in [0.3, 0.4) is 0 Å². The maximum absolute atomic E-state index is 12.0. The van der Waals surface area contributed by atoms with Crippen molar-refractivity contribution in [2.45, 2.75) is 26.2 Å². The third kappa shape index (κ3) is 2.10. The van der Waals surface area contributed by atoms with E-state index in [1.165, 1.54) is 5.56 Å². The first-order valence-electron chi connectivity index (χ1n) is 5.45. The molecule has 1 aromatic rings. The Balaban J connectivity index is 2.06. The molecule has 2 nitrogen and oxygen atoms in total. The van der Waals surface area contributed by atoms with Crippen LogP contribution >= 0.6 is 0 Å². The summed E-state index contributed by atoms with van der Waals surface area (Å²) in [6, 6.07) is 8.13. The largest absolute Gasteiger partial charge is 0.329 e. The molecular weight excluding hydrogens is 186 g/mol. The second-order valence-electron chi connectivity index (χ2n) is 4.57. The van der Waals surface area contributed by atoms with Gasteiger partial charge in [-0.1, -0.05) is 29.8 Å². The van der Waals surface area contributed by atoms with E-state index in [-0.39, 0.29) is 5.41 Å². The lowest BCUT2D eigenvalue weighted by Gasteiger charge is -2.10. The molecular formula is C13H17NO. The quantitative estimate of drug-likeness (QED) is 0.811. The van der Waals surface area contributed by atoms with E-state index >= 15 is 0 Å². The summed E-state index contributed by atoms with van der Waals surface area (Å²) in [5.41, 5.74) is 7.79. The Labute approximate surface area is 90.5 Å². The molecule has 2 N–H and O–H groups in total. The fourth-order valence-corrected chi connectivity index (χ4v) is 1.94. The molecule has 1 saturated carbocycles. The molecule has 0 aromatic heterocycles. The second-order valence-corrected chi connectivity index (χ2v) is 4.57. The normalized spacial score (nSPS) is 17.5. The van der Waals surface area contributed by atoms with Crippen molar-refractivity contribution >= 4 is 5.78 Å². The molecule has 0 atom stereocenters. The van der Waals surface area contributed by atoms with Gasteiger partial charge in [0.1, 0.15) is 5.78 Å². The summed E-state index contributed by atoms with van der Waals surface area (Å²) in [5, 5.41) is 0. The molecule has 0 aliphatic heterocycles. The lowest BCUT2D eigenvalue weighted by molar-refractivity contribution is -0.123. The van der Waals surface area contributed by atoms with E-state index in [1.807, 2.05) is 25.1 Å². The lowest BCUT2D eigenvalue weighted by Crippen LogP contribution is -2.26. The van der Waals surface area contributed by atoms with Crippen molar-refractivity contribution in [3.63, 3.8) is 0 Å². The highest BCUT2D eigenvalue weighted by Gasteiger charge is 2.47. The van der Waals surface area contributed by atoms with Gasteiger partial charge in [-0.25, -0.2) is 0 Å². The van der Waals surface area contributed by atoms with Gasteiger partial charge < -0.3 is 5.73 Å². The number of hydrogen-bond donors (Lipinski definition) is 1. The number of carbonyl (C=O) groups excluding carboxylic acids is 1. The van der Waals surface area contributed by atoms with Gasteiger partial charge in [0.2, 0.25) is 0 Å². The second kappa shape index (κ2) is 3.78. The fourth-order valence-electron chi connectivity index (χ4n) is 1.94. The maximum atomic E-state index is 12.0. The molecule has 0 amide bonds. The van der Waals surface area contributed by atoms with Crippen molar-refractivity contribution in [2.75, 3.05) is 6.54 Å². The van der Waals surface area contributed by atoms with Gasteiger partial charge >= 0.3 is 0 Å². The number of aryl methyl sites for hydroxylation is 1. The van der Waals surface area contributed by atoms with E-state index in [9.17, 15) is 4.79 Å². The summed E-state index contributed by atoms with van der Waals surface area (Å²) < 4.78 is 0. The van der Waals surface area contributed by atoms with Crippen LogP contribution in [0, 0.1) is 12.3 Å². The van der Waals surface area contributed by atoms with Gasteiger partial charge in [-0.15, -0.1) is 0 Å². The highest BCUT2D eigenvalue weighted by Crippen LogP contribution is 2.46. The summed E-state index contributed by atoms with van der Waals surface area (Å²) in [6.07, 6.45) is 2.50. The first-order chi connectivity index (χ1) is 7.16. The zero-order valence-corrected chi connectivity index (χ0v) is 9.12. The molecule has 1 aromatic carbocycles. The summed E-state index contributed by atoms with van der Waals surface area (Å²) in [4.78, 5) is 12.0. The molecule has 0 heterocycles. The van der Waals surface area contributed by atoms with Crippen LogP contribution in [-0.4, -0.2) is 12.3 Å². The van der Waals surface area contributed by atoms with Crippen LogP contribution in [0.5, 0.6) is 0 Å². The van der Waals surface area contributed by atoms with Crippen molar-refractivity contribution < 1.29 is 4.79 Å². The predicted molar refractivity (Wildman–Crippen MR) is 60.6 cm³/mol. The monoisotopic (exact) mass is 203 g/mol. The van der Waals surface area contributed by atoms with Gasteiger partial charge in [-0.05, 0) is 25.3 Å². The number of rotatable bonds is 4. The molecule has 2 heteroatoms. The van der Waals surface area contributed by atoms with E-state index in [0.29, 0.717) is 18.7 Å². The highest BCUT2D eigenvalue weighted by atomic mass is 16.1. The van der Waals surface area contributed by atoms with Crippen molar-refractivity contribution in [1.29, 1.82) is 0 Å². The van der Waals surface area contributed by atoms with Crippen molar-refractivity contribution in [1.82, 2.24) is 0 Å². The van der Waals surface area contributed by atoms with E-state index in [0.717, 1.165) is 18.4 Å². The maximum Gasteiger partial charge on any atom is 0.144 e. The molecule has 0 spiro atoms. The van der Waals surface area contributed by atoms with Crippen LogP contribution in [0.2, 0.25) is 0 Å². The van der Waals surface area contributed by atoms with Crippen LogP contribution in [0.25, 0.3) is 0 Å². The Morgan fingerprint density at radius 2 is 2.20 bits per heavy atom. The van der Waals surface area contributed by atoms with Crippen LogP contribution in [-0.2, 0) is 11.2 Å². The molecule has 0 saturated heterocycles. The summed E-state index contributed by atoms with van der Waals surface area (Å²) in [7, 11) is 0. The predicted octanol–water partition coefficient (Wildman–Crippen LogP) is 1.85. The highest BCUT2D eigenvalue weighted by molar-refractivity contribution is 5.89. The van der Waals surface area contributed by atoms with Gasteiger partial charge in [-0.3, -0.25) is 4.79 Å². The lowest BCUT2D eigenvalue weighted by atomic mass is 9.95. The molecule has 80 valence electrons. The Hall–Kier alpha value is -1.15. The Morgan fingerprint density at radius 1 is 1.47 bits per heavy atom. The van der Waals surface area contributed by atoms with Crippen LogP contribution in [0.15, 0.2) is 24.3 Å². The van der Waals surface area contributed by atoms with E-state index in [4.69, 9.17) is 5.73 Å². The van der Waals surface area contributed by atoms with Crippen LogP contribution < -0.4 is 5.73 Å². The van der Waals surface area contributed by atoms with Crippen molar-refractivity contribution in [2.24, 2.45) is 11.1 Å². The topological polar surface area (TPSA) is 43.1 Å². The average Bonchev–Trinajstić information content (AvgIpc) is 2.98. The van der Waals surface area contributed by atoms with E-state index in [1.54, 1.807) is 0 Å². The number of Topliss-reactive ketones (excluding diaryl/α,β-unsaturated/α-hetero) is 1. The summed E-state index contributed by atoms with van der Waals surface area (Å²) in [6.45, 7) is 2.56. The zero-order chi connectivity index (χ0) is 10.9. The number of ketones is 1. The summed E-state index contributed by atoms with van der Waals surface area (Å²) >= 11 is 0. The van der Waals surface area contributed by atoms with Crippen molar-refractivity contribution in [3.05, 3.63) is 35.4 Å². The Kier molecular flexibility index (Phi) is 2.61. The van der Waals surface area contributed by atoms with Crippen molar-refractivity contribution in [3.8, 4) is 0 Å². The Bertz CT molecular complexity index is 380. The molecule has 0 radical (unpaired) electrons. The minimum absolute atomic E-state index is 0.163. The number of carbonyl (C=O) groups is 1. The minimum atomic E-state index is -0.163. The molecule has 0 bridgehead atoms. The smallest absolute Gasteiger partial charge is 0.144 e. The summed E-state index contributed by atoms with van der Waals surface area (Å²) in [5.74, 6) is 0.315. The van der Waals surface area contributed by atoms with Gasteiger partial charge in [0, 0.05) is 18.4 Å². The number of hydrogen-bond acceptors (Lipinski definition) is 2. The molecule has 1 aliphatic rings. The standard InChI is InChI=1S/C13H17NO/c1-10-3-2-4-11(7-10)8-12(15)13(9-14)5-6-13/h2-4,7H,5-6,8-9,14H2,1H3. The SMILES string of the molecule is Cc1cccc(CC(=O)C2(CN)CC2)c1. The van der Waals surface area contributed by atoms with Gasteiger partial charge in [0.15, 0.2) is 0 Å². The van der Waals surface area contributed by atoms with Crippen LogP contribution in [0.1, 0.15) is 24.0 Å². The van der Waals surface area contributed by atoms with Gasteiger partial charge in [0.05, 0.1) is 0 Å².